The molecule has 3 heteroatoms. The van der Waals surface area contributed by atoms with E-state index in [0.29, 0.717) is 6.04 Å². The molecule has 2 N–H and O–H groups in total. The molecule has 0 saturated heterocycles. The van der Waals surface area contributed by atoms with E-state index in [1.165, 1.54) is 30.2 Å². The second-order valence-corrected chi connectivity index (χ2v) is 5.11. The molecule has 1 fully saturated rings. The van der Waals surface area contributed by atoms with Crippen molar-refractivity contribution in [2.45, 2.75) is 38.8 Å². The Bertz CT molecular complexity index is 503. The highest BCUT2D eigenvalue weighted by atomic mass is 14.9. The van der Waals surface area contributed by atoms with Gasteiger partial charge in [-0.05, 0) is 36.5 Å². The normalized spacial score (nSPS) is 24.5. The lowest BCUT2D eigenvalue weighted by Gasteiger charge is -2.16. The average Bonchev–Trinajstić information content (AvgIpc) is 2.93. The predicted molar refractivity (Wildman–Crippen MR) is 69.7 cm³/mol. The van der Waals surface area contributed by atoms with E-state index in [2.05, 4.69) is 34.5 Å². The second-order valence-electron chi connectivity index (χ2n) is 5.11. The number of aromatic nitrogens is 2. The van der Waals surface area contributed by atoms with Gasteiger partial charge in [0.25, 0.3) is 0 Å². The van der Waals surface area contributed by atoms with Crippen LogP contribution in [0.5, 0.6) is 0 Å². The fraction of sp³-hybridized carbons (Fsp3) is 0.500. The van der Waals surface area contributed by atoms with Crippen molar-refractivity contribution in [1.29, 1.82) is 0 Å². The minimum atomic E-state index is 0.691. The van der Waals surface area contributed by atoms with Crippen molar-refractivity contribution in [2.24, 2.45) is 5.92 Å². The number of aromatic amines is 1. The van der Waals surface area contributed by atoms with Gasteiger partial charge in [-0.3, -0.25) is 0 Å². The summed E-state index contributed by atoms with van der Waals surface area (Å²) in [6, 6.07) is 4.82. The molecule has 2 heterocycles. The lowest BCUT2D eigenvalue weighted by Crippen LogP contribution is -2.30. The summed E-state index contributed by atoms with van der Waals surface area (Å²) >= 11 is 0. The molecule has 2 aromatic heterocycles. The number of nitrogens with one attached hydrogen (secondary N) is 2. The number of hydrogen-bond donors (Lipinski definition) is 2. The van der Waals surface area contributed by atoms with Gasteiger partial charge < -0.3 is 10.3 Å². The fourth-order valence-electron chi connectivity index (χ4n) is 2.85. The summed E-state index contributed by atoms with van der Waals surface area (Å²) in [6.07, 6.45) is 7.96. The molecule has 2 unspecified atom stereocenters. The van der Waals surface area contributed by atoms with Crippen LogP contribution in [-0.4, -0.2) is 16.0 Å². The summed E-state index contributed by atoms with van der Waals surface area (Å²) in [5.74, 6) is 0.818. The molecule has 90 valence electrons. The first-order chi connectivity index (χ1) is 8.34. The summed E-state index contributed by atoms with van der Waals surface area (Å²) in [5.41, 5.74) is 2.32. The highest BCUT2D eigenvalue weighted by molar-refractivity contribution is 5.79. The van der Waals surface area contributed by atoms with E-state index in [9.17, 15) is 0 Å². The average molecular weight is 229 g/mol. The van der Waals surface area contributed by atoms with Crippen LogP contribution in [0.1, 0.15) is 31.7 Å². The largest absolute Gasteiger partial charge is 0.346 e. The van der Waals surface area contributed by atoms with Crippen molar-refractivity contribution in [3.05, 3.63) is 30.1 Å². The summed E-state index contributed by atoms with van der Waals surface area (Å²) in [7, 11) is 0. The first-order valence-electron chi connectivity index (χ1n) is 6.49. The topological polar surface area (TPSA) is 40.7 Å². The number of rotatable bonds is 3. The third kappa shape index (κ3) is 2.07. The number of nitrogens with zero attached hydrogens (tertiary/aromatic N) is 1. The van der Waals surface area contributed by atoms with Crippen LogP contribution in [-0.2, 0) is 6.54 Å². The molecule has 1 aliphatic carbocycles. The highest BCUT2D eigenvalue weighted by Crippen LogP contribution is 2.25. The quantitative estimate of drug-likeness (QED) is 0.849. The zero-order valence-electron chi connectivity index (χ0n) is 10.2. The zero-order valence-corrected chi connectivity index (χ0v) is 10.2. The van der Waals surface area contributed by atoms with Crippen LogP contribution in [0.25, 0.3) is 11.0 Å². The number of fused-ring (bicyclic) bond motifs is 1. The van der Waals surface area contributed by atoms with Gasteiger partial charge >= 0.3 is 0 Å². The van der Waals surface area contributed by atoms with E-state index < -0.39 is 0 Å². The van der Waals surface area contributed by atoms with Gasteiger partial charge in [-0.1, -0.05) is 13.3 Å². The Morgan fingerprint density at radius 1 is 1.47 bits per heavy atom. The van der Waals surface area contributed by atoms with E-state index in [1.807, 2.05) is 12.3 Å². The molecule has 2 aromatic rings. The molecule has 1 aliphatic rings. The standard InChI is InChI=1S/C14H19N3/c1-10-4-2-6-13(10)16-8-11-9-17-14-12(11)5-3-7-15-14/h3,5,7,9-10,13,16H,2,4,6,8H2,1H3,(H,15,17). The summed E-state index contributed by atoms with van der Waals surface area (Å²) < 4.78 is 0. The minimum absolute atomic E-state index is 0.691. The molecule has 0 aliphatic heterocycles. The van der Waals surface area contributed by atoms with E-state index in [4.69, 9.17) is 0 Å². The monoisotopic (exact) mass is 229 g/mol. The summed E-state index contributed by atoms with van der Waals surface area (Å²) in [5, 5.41) is 4.92. The molecule has 0 bridgehead atoms. The van der Waals surface area contributed by atoms with Crippen LogP contribution in [0.2, 0.25) is 0 Å². The Kier molecular flexibility index (Phi) is 2.85. The molecule has 0 aromatic carbocycles. The van der Waals surface area contributed by atoms with Gasteiger partial charge in [0.2, 0.25) is 0 Å². The van der Waals surface area contributed by atoms with Crippen LogP contribution in [0.4, 0.5) is 0 Å². The lowest BCUT2D eigenvalue weighted by molar-refractivity contribution is 0.426. The highest BCUT2D eigenvalue weighted by Gasteiger charge is 2.22. The Labute approximate surface area is 102 Å². The smallest absolute Gasteiger partial charge is 0.137 e. The van der Waals surface area contributed by atoms with Crippen LogP contribution >= 0.6 is 0 Å². The van der Waals surface area contributed by atoms with Gasteiger partial charge in [0, 0.05) is 30.4 Å². The maximum atomic E-state index is 4.31. The van der Waals surface area contributed by atoms with Crippen molar-refractivity contribution < 1.29 is 0 Å². The summed E-state index contributed by atoms with van der Waals surface area (Å²) in [4.78, 5) is 7.54. The van der Waals surface area contributed by atoms with E-state index >= 15 is 0 Å². The Balaban J connectivity index is 1.72. The van der Waals surface area contributed by atoms with Gasteiger partial charge in [-0.25, -0.2) is 4.98 Å². The van der Waals surface area contributed by atoms with Crippen molar-refractivity contribution in [3.63, 3.8) is 0 Å². The van der Waals surface area contributed by atoms with Crippen LogP contribution in [0, 0.1) is 5.92 Å². The van der Waals surface area contributed by atoms with Crippen molar-refractivity contribution in [1.82, 2.24) is 15.3 Å². The molecule has 0 amide bonds. The zero-order chi connectivity index (χ0) is 11.7. The molecule has 17 heavy (non-hydrogen) atoms. The number of hydrogen-bond acceptors (Lipinski definition) is 2. The van der Waals surface area contributed by atoms with Crippen molar-refractivity contribution in [3.8, 4) is 0 Å². The summed E-state index contributed by atoms with van der Waals surface area (Å²) in [6.45, 7) is 3.29. The Morgan fingerprint density at radius 2 is 2.41 bits per heavy atom. The Hall–Kier alpha value is -1.35. The molecule has 0 radical (unpaired) electrons. The van der Waals surface area contributed by atoms with Gasteiger partial charge in [-0.2, -0.15) is 0 Å². The SMILES string of the molecule is CC1CCCC1NCc1c[nH]c2ncccc12. The Morgan fingerprint density at radius 3 is 3.24 bits per heavy atom. The predicted octanol–water partition coefficient (Wildman–Crippen LogP) is 2.84. The van der Waals surface area contributed by atoms with Gasteiger partial charge in [0.15, 0.2) is 0 Å². The van der Waals surface area contributed by atoms with Gasteiger partial charge in [0.1, 0.15) is 5.65 Å². The molecule has 3 rings (SSSR count). The van der Waals surface area contributed by atoms with Crippen LogP contribution < -0.4 is 5.32 Å². The number of pyridine rings is 1. The fourth-order valence-corrected chi connectivity index (χ4v) is 2.85. The molecular weight excluding hydrogens is 210 g/mol. The van der Waals surface area contributed by atoms with Crippen LogP contribution in [0.3, 0.4) is 0 Å². The van der Waals surface area contributed by atoms with Gasteiger partial charge in [-0.15, -0.1) is 0 Å². The van der Waals surface area contributed by atoms with Gasteiger partial charge in [0.05, 0.1) is 0 Å². The van der Waals surface area contributed by atoms with Crippen molar-refractivity contribution >= 4 is 11.0 Å². The van der Waals surface area contributed by atoms with Crippen molar-refractivity contribution in [2.75, 3.05) is 0 Å². The first kappa shape index (κ1) is 10.8. The van der Waals surface area contributed by atoms with E-state index in [0.717, 1.165) is 18.1 Å². The molecular formula is C14H19N3. The van der Waals surface area contributed by atoms with E-state index in [-0.39, 0.29) is 0 Å². The van der Waals surface area contributed by atoms with E-state index in [1.54, 1.807) is 0 Å². The van der Waals surface area contributed by atoms with Crippen LogP contribution in [0.15, 0.2) is 24.5 Å². The minimum Gasteiger partial charge on any atom is -0.346 e. The number of H-pyrrole nitrogens is 1. The first-order valence-corrected chi connectivity index (χ1v) is 6.49. The lowest BCUT2D eigenvalue weighted by atomic mass is 10.1. The maximum Gasteiger partial charge on any atom is 0.137 e. The third-order valence-corrected chi connectivity index (χ3v) is 3.95. The third-order valence-electron chi connectivity index (χ3n) is 3.95. The maximum absolute atomic E-state index is 4.31. The molecule has 2 atom stereocenters. The second kappa shape index (κ2) is 4.49. The molecule has 3 nitrogen and oxygen atoms in total. The molecule has 0 spiro atoms. The molecule has 1 saturated carbocycles.